The maximum absolute atomic E-state index is 5.42. The van der Waals surface area contributed by atoms with Gasteiger partial charge in [-0.1, -0.05) is 6.58 Å². The molecule has 1 rings (SSSR count). The fourth-order valence-electron chi connectivity index (χ4n) is 0.926. The van der Waals surface area contributed by atoms with E-state index in [4.69, 9.17) is 5.73 Å². The predicted molar refractivity (Wildman–Crippen MR) is 55.5 cm³/mol. The number of tetrazole rings is 1. The van der Waals surface area contributed by atoms with E-state index in [-0.39, 0.29) is 5.54 Å². The predicted octanol–water partition coefficient (Wildman–Crippen LogP) is 0.790. The monoisotopic (exact) mass is 195 g/mol. The Bertz CT molecular complexity index is 320. The van der Waals surface area contributed by atoms with Gasteiger partial charge in [0.05, 0.1) is 5.54 Å². The maximum Gasteiger partial charge on any atom is 0.200 e. The van der Waals surface area contributed by atoms with Crippen LogP contribution < -0.4 is 5.73 Å². The molecule has 0 amide bonds. The van der Waals surface area contributed by atoms with Crippen LogP contribution in [-0.4, -0.2) is 26.8 Å². The van der Waals surface area contributed by atoms with Crippen molar-refractivity contribution in [2.75, 3.05) is 6.54 Å². The molecule has 1 heterocycles. The third-order valence-electron chi connectivity index (χ3n) is 1.78. The van der Waals surface area contributed by atoms with E-state index in [1.807, 2.05) is 20.8 Å². The summed E-state index contributed by atoms with van der Waals surface area (Å²) in [5.74, 6) is 0.588. The third-order valence-corrected chi connectivity index (χ3v) is 1.78. The lowest BCUT2D eigenvalue weighted by molar-refractivity contribution is 0.306. The second-order valence-corrected chi connectivity index (χ2v) is 4.22. The summed E-state index contributed by atoms with van der Waals surface area (Å²) in [5.41, 5.74) is 6.11. The molecule has 0 spiro atoms. The van der Waals surface area contributed by atoms with Gasteiger partial charge in [-0.05, 0) is 44.5 Å². The first-order valence-electron chi connectivity index (χ1n) is 4.64. The number of aromatic nitrogens is 4. The molecule has 0 aliphatic rings. The van der Waals surface area contributed by atoms with Crippen LogP contribution in [0.15, 0.2) is 6.58 Å². The molecule has 0 radical (unpaired) electrons. The maximum atomic E-state index is 5.42. The van der Waals surface area contributed by atoms with E-state index in [9.17, 15) is 0 Å². The molecule has 2 N–H and O–H groups in total. The van der Waals surface area contributed by atoms with Crippen molar-refractivity contribution in [1.82, 2.24) is 20.2 Å². The van der Waals surface area contributed by atoms with E-state index in [1.165, 1.54) is 0 Å². The van der Waals surface area contributed by atoms with Gasteiger partial charge >= 0.3 is 0 Å². The van der Waals surface area contributed by atoms with Crippen LogP contribution in [0.2, 0.25) is 0 Å². The molecular formula is C9H17N5. The van der Waals surface area contributed by atoms with Crippen LogP contribution in [0.5, 0.6) is 0 Å². The Labute approximate surface area is 84.0 Å². The molecule has 0 unspecified atom stereocenters. The number of rotatable bonds is 3. The van der Waals surface area contributed by atoms with Gasteiger partial charge in [-0.3, -0.25) is 0 Å². The molecule has 5 nitrogen and oxygen atoms in total. The van der Waals surface area contributed by atoms with E-state index in [1.54, 1.807) is 4.80 Å². The first-order valence-corrected chi connectivity index (χ1v) is 4.64. The lowest BCUT2D eigenvalue weighted by atomic mass is 10.1. The van der Waals surface area contributed by atoms with Gasteiger partial charge in [0.1, 0.15) is 0 Å². The summed E-state index contributed by atoms with van der Waals surface area (Å²) in [6, 6.07) is 0. The van der Waals surface area contributed by atoms with Crippen LogP contribution in [0, 0.1) is 0 Å². The quantitative estimate of drug-likeness (QED) is 0.774. The van der Waals surface area contributed by atoms with Crippen molar-refractivity contribution >= 4 is 5.57 Å². The van der Waals surface area contributed by atoms with Crippen LogP contribution >= 0.6 is 0 Å². The van der Waals surface area contributed by atoms with Gasteiger partial charge in [0.15, 0.2) is 5.82 Å². The second-order valence-electron chi connectivity index (χ2n) is 4.22. The summed E-state index contributed by atoms with van der Waals surface area (Å²) >= 11 is 0. The van der Waals surface area contributed by atoms with Crippen molar-refractivity contribution in [2.24, 2.45) is 5.73 Å². The van der Waals surface area contributed by atoms with Gasteiger partial charge in [-0.2, -0.15) is 4.80 Å². The normalized spacial score (nSPS) is 11.7. The van der Waals surface area contributed by atoms with Crippen LogP contribution in [-0.2, 0) is 5.54 Å². The standard InChI is InChI=1S/C9H17N5/c1-7(5-6-10)8-11-13-14(12-8)9(2,3)4/h1,5-6,10H2,2-4H3. The Morgan fingerprint density at radius 1 is 1.50 bits per heavy atom. The molecule has 1 aromatic heterocycles. The van der Waals surface area contributed by atoms with E-state index in [0.717, 1.165) is 5.57 Å². The Morgan fingerprint density at radius 2 is 2.14 bits per heavy atom. The molecular weight excluding hydrogens is 178 g/mol. The fraction of sp³-hybridized carbons (Fsp3) is 0.667. The van der Waals surface area contributed by atoms with Gasteiger partial charge in [0.2, 0.25) is 0 Å². The molecule has 0 bridgehead atoms. The minimum absolute atomic E-state index is 0.145. The van der Waals surface area contributed by atoms with E-state index in [2.05, 4.69) is 22.0 Å². The van der Waals surface area contributed by atoms with Crippen LogP contribution in [0.25, 0.3) is 5.57 Å². The van der Waals surface area contributed by atoms with Gasteiger partial charge in [0.25, 0.3) is 0 Å². The summed E-state index contributed by atoms with van der Waals surface area (Å²) in [6.45, 7) is 10.5. The Balaban J connectivity index is 2.83. The molecule has 14 heavy (non-hydrogen) atoms. The van der Waals surface area contributed by atoms with Gasteiger partial charge in [0, 0.05) is 0 Å². The molecule has 78 valence electrons. The summed E-state index contributed by atoms with van der Waals surface area (Å²) < 4.78 is 0. The average molecular weight is 195 g/mol. The summed E-state index contributed by atoms with van der Waals surface area (Å²) in [6.07, 6.45) is 0.704. The molecule has 0 saturated carbocycles. The minimum atomic E-state index is -0.145. The van der Waals surface area contributed by atoms with E-state index < -0.39 is 0 Å². The van der Waals surface area contributed by atoms with Crippen LogP contribution in [0.3, 0.4) is 0 Å². The van der Waals surface area contributed by atoms with E-state index >= 15 is 0 Å². The SMILES string of the molecule is C=C(CCN)c1nnn(C(C)(C)C)n1. The largest absolute Gasteiger partial charge is 0.330 e. The zero-order chi connectivity index (χ0) is 10.8. The van der Waals surface area contributed by atoms with Gasteiger partial charge in [-0.25, -0.2) is 0 Å². The summed E-state index contributed by atoms with van der Waals surface area (Å²) in [5, 5.41) is 12.1. The van der Waals surface area contributed by atoms with Crippen molar-refractivity contribution in [1.29, 1.82) is 0 Å². The summed E-state index contributed by atoms with van der Waals surface area (Å²) in [4.78, 5) is 1.59. The topological polar surface area (TPSA) is 69.6 Å². The van der Waals surface area contributed by atoms with Crippen molar-refractivity contribution in [3.8, 4) is 0 Å². The molecule has 5 heteroatoms. The van der Waals surface area contributed by atoms with Crippen LogP contribution in [0.1, 0.15) is 33.0 Å². The average Bonchev–Trinajstić information content (AvgIpc) is 2.51. The molecule has 1 aromatic rings. The van der Waals surface area contributed by atoms with Crippen molar-refractivity contribution in [3.05, 3.63) is 12.4 Å². The third kappa shape index (κ3) is 2.38. The highest BCUT2D eigenvalue weighted by Gasteiger charge is 2.17. The lowest BCUT2D eigenvalue weighted by Gasteiger charge is -2.15. The molecule has 0 saturated heterocycles. The van der Waals surface area contributed by atoms with Gasteiger partial charge < -0.3 is 5.73 Å². The Morgan fingerprint density at radius 3 is 2.57 bits per heavy atom. The molecule has 0 aromatic carbocycles. The van der Waals surface area contributed by atoms with E-state index in [0.29, 0.717) is 18.8 Å². The molecule has 0 atom stereocenters. The molecule has 0 aliphatic carbocycles. The molecule has 0 aliphatic heterocycles. The molecule has 0 fully saturated rings. The highest BCUT2D eigenvalue weighted by Crippen LogP contribution is 2.13. The fourth-order valence-corrected chi connectivity index (χ4v) is 0.926. The Hall–Kier alpha value is -1.23. The Kier molecular flexibility index (Phi) is 3.00. The number of nitrogens with zero attached hydrogens (tertiary/aromatic N) is 4. The zero-order valence-electron chi connectivity index (χ0n) is 8.99. The van der Waals surface area contributed by atoms with Gasteiger partial charge in [-0.15, -0.1) is 10.2 Å². The second kappa shape index (κ2) is 3.88. The first kappa shape index (κ1) is 10.8. The van der Waals surface area contributed by atoms with Crippen molar-refractivity contribution in [3.63, 3.8) is 0 Å². The minimum Gasteiger partial charge on any atom is -0.330 e. The van der Waals surface area contributed by atoms with Crippen molar-refractivity contribution in [2.45, 2.75) is 32.7 Å². The highest BCUT2D eigenvalue weighted by atomic mass is 15.6. The van der Waals surface area contributed by atoms with Crippen molar-refractivity contribution < 1.29 is 0 Å². The van der Waals surface area contributed by atoms with Crippen LogP contribution in [0.4, 0.5) is 0 Å². The summed E-state index contributed by atoms with van der Waals surface area (Å²) in [7, 11) is 0. The first-order chi connectivity index (χ1) is 6.45. The number of nitrogens with two attached hydrogens (primary N) is 1. The smallest absolute Gasteiger partial charge is 0.200 e. The highest BCUT2D eigenvalue weighted by molar-refractivity contribution is 5.55. The number of hydrogen-bond donors (Lipinski definition) is 1. The zero-order valence-corrected chi connectivity index (χ0v) is 8.99. The lowest BCUT2D eigenvalue weighted by Crippen LogP contribution is -2.24. The number of hydrogen-bond acceptors (Lipinski definition) is 4.